The van der Waals surface area contributed by atoms with Crippen LogP contribution < -0.4 is 21.5 Å². The molecule has 4 aromatic rings. The molecule has 0 bridgehead atoms. The van der Waals surface area contributed by atoms with Crippen LogP contribution in [0, 0.1) is 99.7 Å². The van der Waals surface area contributed by atoms with Gasteiger partial charge in [0.1, 0.15) is 23.3 Å². The van der Waals surface area contributed by atoms with Crippen LogP contribution in [-0.4, -0.2) is 25.8 Å². The maximum absolute atomic E-state index is 16.1. The number of benzene rings is 4. The van der Waals surface area contributed by atoms with E-state index in [1.54, 1.807) is 13.8 Å². The Hall–Kier alpha value is -3.63. The quantitative estimate of drug-likeness (QED) is 0.0456. The lowest BCUT2D eigenvalue weighted by molar-refractivity contribution is -0.0502. The second-order valence-electron chi connectivity index (χ2n) is 12.4. The molecule has 282 valence electrons. The highest BCUT2D eigenvalue weighted by molar-refractivity contribution is 7.89. The summed E-state index contributed by atoms with van der Waals surface area (Å²) in [4.78, 5) is 0. The molecule has 0 aliphatic rings. The van der Waals surface area contributed by atoms with Crippen molar-refractivity contribution in [2.75, 3.05) is 0 Å². The highest BCUT2D eigenvalue weighted by atomic mass is 32.2. The Morgan fingerprint density at radius 2 is 0.788 bits per heavy atom. The van der Waals surface area contributed by atoms with Crippen molar-refractivity contribution in [2.24, 2.45) is 0 Å². The molecule has 0 N–H and O–H groups in total. The first-order valence-electron chi connectivity index (χ1n) is 14.9. The first kappa shape index (κ1) is 41.1. The molecular weight excluding hydrogens is 765 g/mol. The van der Waals surface area contributed by atoms with Gasteiger partial charge in [0.15, 0.2) is 34.9 Å². The zero-order valence-electron chi connectivity index (χ0n) is 28.0. The predicted molar refractivity (Wildman–Crippen MR) is 171 cm³/mol. The summed E-state index contributed by atoms with van der Waals surface area (Å²) in [5.41, 5.74) is -12.7. The summed E-state index contributed by atoms with van der Waals surface area (Å²) in [5.74, 6) is -30.4. The van der Waals surface area contributed by atoms with Gasteiger partial charge in [-0.25, -0.2) is 43.9 Å². The first-order valence-corrected chi connectivity index (χ1v) is 17.7. The lowest BCUT2D eigenvalue weighted by atomic mass is 9.29. The van der Waals surface area contributed by atoms with Gasteiger partial charge in [-0.1, -0.05) is 61.2 Å². The molecule has 0 fully saturated rings. The van der Waals surface area contributed by atoms with Crippen LogP contribution in [0.5, 0.6) is 0 Å². The Morgan fingerprint density at radius 3 is 1.04 bits per heavy atom. The number of aryl methyl sites for hydroxylation is 6. The highest BCUT2D eigenvalue weighted by Gasteiger charge is 2.57. The Morgan fingerprint density at radius 1 is 0.538 bits per heavy atom. The topological polar surface area (TPSA) is 43.4 Å². The molecule has 0 saturated carbocycles. The normalized spacial score (nSPS) is 13.3. The molecule has 4 aromatic carbocycles. The molecule has 0 amide bonds. The van der Waals surface area contributed by atoms with Gasteiger partial charge >= 0.3 is 15.6 Å². The van der Waals surface area contributed by atoms with E-state index in [0.717, 1.165) is 0 Å². The fourth-order valence-electron chi connectivity index (χ4n) is 6.89. The van der Waals surface area contributed by atoms with Gasteiger partial charge < -0.3 is 4.10 Å². The van der Waals surface area contributed by atoms with Gasteiger partial charge in [0, 0.05) is 0 Å². The maximum atomic E-state index is 16.1. The predicted octanol–water partition coefficient (Wildman–Crippen LogP) is 7.91. The summed E-state index contributed by atoms with van der Waals surface area (Å²) in [7, 11) is -10.4. The molecule has 0 aliphatic heterocycles. The molecule has 0 heterocycles. The summed E-state index contributed by atoms with van der Waals surface area (Å²) in [5, 5.41) is 0.0466. The molecule has 0 radical (unpaired) electrons. The van der Waals surface area contributed by atoms with Crippen molar-refractivity contribution in [2.45, 2.75) is 59.5 Å². The Balaban J connectivity index is 2.49. The van der Waals surface area contributed by atoms with Crippen molar-refractivity contribution in [1.29, 1.82) is 0 Å². The third kappa shape index (κ3) is 6.48. The first-order chi connectivity index (χ1) is 23.7. The maximum Gasteiger partial charge on any atom is 0.519 e. The van der Waals surface area contributed by atoms with Gasteiger partial charge in [-0.05, 0) is 74.4 Å². The third-order valence-corrected chi connectivity index (χ3v) is 13.5. The van der Waals surface area contributed by atoms with E-state index in [4.69, 9.17) is 0 Å². The van der Waals surface area contributed by atoms with Crippen LogP contribution in [-0.2, 0) is 14.2 Å². The van der Waals surface area contributed by atoms with Crippen molar-refractivity contribution in [3.05, 3.63) is 116 Å². The molecule has 52 heavy (non-hydrogen) atoms. The average molecular weight is 791 g/mol. The molecule has 3 nitrogen and oxygen atoms in total. The van der Waals surface area contributed by atoms with E-state index in [1.165, 1.54) is 52.0 Å². The standard InChI is InChI=1S/C33H26BF13O3PS/c1-12-8-14(3)31(15(4)9-12)51(32-16(5)10-13(2)11-17(32)6)18(7)34(50-52(48,49)33(45,46)47,19-21(35)25(39)29(43)26(40)22(19)36)20-23(37)27(41)30(44)28(42)24(20)38/h8-11,18H,1-7H3/q-1/t18-/m1/s1. The van der Waals surface area contributed by atoms with Crippen LogP contribution in [0.2, 0.25) is 0 Å². The minimum atomic E-state index is -7.49. The van der Waals surface area contributed by atoms with E-state index in [1.807, 2.05) is 0 Å². The fourth-order valence-corrected chi connectivity index (χ4v) is 11.4. The fraction of sp³-hybridized carbons (Fsp3) is 0.273. The number of halogens is 13. The minimum absolute atomic E-state index is 0.0233. The average Bonchev–Trinajstić information content (AvgIpc) is 3.01. The third-order valence-electron chi connectivity index (χ3n) is 8.75. The van der Waals surface area contributed by atoms with Crippen LogP contribution in [0.1, 0.15) is 40.3 Å². The SMILES string of the molecule is Cc1cc(C)c(P(c2c(C)cc(C)cc2C)[C@H](C)[B-](OS(=O)(=O)C(F)(F)F)(c2c(F)c(F)c(F)c(F)c2F)c2c(F)c(F)c(F)c(F)c2F)c(C)c1. The van der Waals surface area contributed by atoms with E-state index in [-0.39, 0.29) is 32.9 Å². The molecule has 4 rings (SSSR count). The van der Waals surface area contributed by atoms with Crippen molar-refractivity contribution < 1.29 is 69.6 Å². The molecule has 0 saturated heterocycles. The summed E-state index contributed by atoms with van der Waals surface area (Å²) < 4.78 is 226. The van der Waals surface area contributed by atoms with Crippen molar-refractivity contribution >= 4 is 45.9 Å². The van der Waals surface area contributed by atoms with Crippen LogP contribution >= 0.6 is 7.92 Å². The van der Waals surface area contributed by atoms with Crippen LogP contribution in [0.15, 0.2) is 24.3 Å². The van der Waals surface area contributed by atoms with E-state index >= 15 is 35.1 Å². The highest BCUT2D eigenvalue weighted by Crippen LogP contribution is 2.49. The largest absolute Gasteiger partial charge is 0.519 e. The Kier molecular flexibility index (Phi) is 11.1. The summed E-state index contributed by atoms with van der Waals surface area (Å²) in [6, 6.07) is 5.95. The number of hydrogen-bond acceptors (Lipinski definition) is 3. The van der Waals surface area contributed by atoms with Crippen molar-refractivity contribution in [1.82, 2.24) is 0 Å². The van der Waals surface area contributed by atoms with Crippen molar-refractivity contribution in [3.63, 3.8) is 0 Å². The number of hydrogen-bond donors (Lipinski definition) is 0. The molecule has 1 atom stereocenters. The lowest BCUT2D eigenvalue weighted by Gasteiger charge is -2.50. The monoisotopic (exact) mass is 791 g/mol. The zero-order chi connectivity index (χ0) is 39.7. The van der Waals surface area contributed by atoms with E-state index in [0.29, 0.717) is 18.1 Å². The van der Waals surface area contributed by atoms with Crippen LogP contribution in [0.4, 0.5) is 57.1 Å². The van der Waals surface area contributed by atoms with Gasteiger partial charge in [-0.2, -0.15) is 21.6 Å². The minimum Gasteiger partial charge on any atom is -0.469 e. The van der Waals surface area contributed by atoms with Crippen LogP contribution in [0.25, 0.3) is 0 Å². The van der Waals surface area contributed by atoms with E-state index < -0.39 is 105 Å². The van der Waals surface area contributed by atoms with Gasteiger partial charge in [0.05, 0.1) is 0 Å². The lowest BCUT2D eigenvalue weighted by Crippen LogP contribution is -2.73. The van der Waals surface area contributed by atoms with Crippen LogP contribution in [0.3, 0.4) is 0 Å². The van der Waals surface area contributed by atoms with Gasteiger partial charge in [-0.15, -0.1) is 5.56 Å². The van der Waals surface area contributed by atoms with E-state index in [2.05, 4.69) is 4.10 Å². The second-order valence-corrected chi connectivity index (χ2v) is 16.4. The van der Waals surface area contributed by atoms with Gasteiger partial charge in [-0.3, -0.25) is 0 Å². The zero-order valence-corrected chi connectivity index (χ0v) is 29.7. The smallest absolute Gasteiger partial charge is 0.469 e. The molecule has 19 heteroatoms. The van der Waals surface area contributed by atoms with E-state index in [9.17, 15) is 30.4 Å². The summed E-state index contributed by atoms with van der Waals surface area (Å²) in [6.07, 6.45) is -6.00. The number of alkyl halides is 3. The second kappa shape index (κ2) is 14.0. The summed E-state index contributed by atoms with van der Waals surface area (Å²) in [6.45, 7) is 9.53. The molecule has 0 spiro atoms. The molecule has 0 unspecified atom stereocenters. The molecule has 0 aromatic heterocycles. The molecule has 0 aliphatic carbocycles. The Labute approximate surface area is 290 Å². The summed E-state index contributed by atoms with van der Waals surface area (Å²) >= 11 is 0. The Bertz CT molecular complexity index is 2010. The van der Waals surface area contributed by atoms with Crippen molar-refractivity contribution in [3.8, 4) is 0 Å². The van der Waals surface area contributed by atoms with Gasteiger partial charge in [0.2, 0.25) is 6.35 Å². The van der Waals surface area contributed by atoms with Gasteiger partial charge in [0.25, 0.3) is 0 Å². The molecular formula is C33H26BF13O3PS-. The number of rotatable bonds is 8.